The van der Waals surface area contributed by atoms with Crippen LogP contribution in [0.4, 0.5) is 0 Å². The summed E-state index contributed by atoms with van der Waals surface area (Å²) >= 11 is 0. The van der Waals surface area contributed by atoms with E-state index in [-0.39, 0.29) is 53.7 Å². The van der Waals surface area contributed by atoms with Gasteiger partial charge >= 0.3 is 5.97 Å². The molecule has 1 amide bonds. The third kappa shape index (κ3) is 10.1. The van der Waals surface area contributed by atoms with Gasteiger partial charge in [-0.1, -0.05) is 65.5 Å². The van der Waals surface area contributed by atoms with Gasteiger partial charge in [0, 0.05) is 30.2 Å². The van der Waals surface area contributed by atoms with Crippen LogP contribution in [0.1, 0.15) is 111 Å². The fraction of sp³-hybridized carbons (Fsp3) is 0.765. The zero-order chi connectivity index (χ0) is 29.9. The Bertz CT molecular complexity index is 992. The standard InChI is InChI=1S/C34H52N2O5/c1-22-17-23(2)19-25(4)33(39)26(21-35)11-8-9-16-31(41-32(38)20-30(37)24(3)18-22)28-14-10-15-29(28)34(40)36-27-12-6-5-7-13-27/h8-9,11,22-25,27-29,31,33,39H,5-7,10,12-20H2,1-4H3,(H,36,40)/b9-8+,26-11+. The molecule has 0 saturated heterocycles. The van der Waals surface area contributed by atoms with E-state index in [4.69, 9.17) is 4.74 Å². The van der Waals surface area contributed by atoms with Crippen LogP contribution in [0.25, 0.3) is 0 Å². The molecule has 41 heavy (non-hydrogen) atoms. The Morgan fingerprint density at radius 3 is 2.39 bits per heavy atom. The second-order valence-electron chi connectivity index (χ2n) is 13.4. The number of nitriles is 1. The SMILES string of the molecule is CC1CC(C)CC(C)C(O)/C(C#N)=C/C=C/CC(C2CCCC2C(=O)NC2CCCCC2)OC(=O)CC(=O)C(C)C1. The van der Waals surface area contributed by atoms with Crippen LogP contribution in [-0.2, 0) is 19.1 Å². The first-order valence-electron chi connectivity index (χ1n) is 16.1. The number of esters is 1. The van der Waals surface area contributed by atoms with Crippen LogP contribution in [0, 0.1) is 46.8 Å². The highest BCUT2D eigenvalue weighted by molar-refractivity contribution is 5.96. The number of nitrogens with zero attached hydrogens (tertiary/aromatic N) is 1. The fourth-order valence-electron chi connectivity index (χ4n) is 7.42. The highest BCUT2D eigenvalue weighted by atomic mass is 16.5. The zero-order valence-corrected chi connectivity index (χ0v) is 25.6. The molecule has 7 heteroatoms. The molecular weight excluding hydrogens is 516 g/mol. The van der Waals surface area contributed by atoms with Gasteiger partial charge in [0.05, 0.1) is 17.7 Å². The van der Waals surface area contributed by atoms with Crippen LogP contribution in [-0.4, -0.2) is 41.0 Å². The maximum atomic E-state index is 13.3. The lowest BCUT2D eigenvalue weighted by molar-refractivity contribution is -0.156. The van der Waals surface area contributed by atoms with Crippen LogP contribution in [0.3, 0.4) is 0 Å². The van der Waals surface area contributed by atoms with Crippen molar-refractivity contribution in [2.75, 3.05) is 0 Å². The van der Waals surface area contributed by atoms with Crippen LogP contribution in [0.2, 0.25) is 0 Å². The molecule has 2 fully saturated rings. The molecule has 0 radical (unpaired) electrons. The summed E-state index contributed by atoms with van der Waals surface area (Å²) in [6.07, 6.45) is 14.3. The lowest BCUT2D eigenvalue weighted by Gasteiger charge is -2.30. The van der Waals surface area contributed by atoms with Crippen molar-refractivity contribution in [1.29, 1.82) is 5.26 Å². The Labute approximate surface area is 247 Å². The van der Waals surface area contributed by atoms with Crippen molar-refractivity contribution >= 4 is 17.7 Å². The number of ether oxygens (including phenoxy) is 1. The zero-order valence-electron chi connectivity index (χ0n) is 25.6. The van der Waals surface area contributed by atoms with Crippen LogP contribution >= 0.6 is 0 Å². The number of ketones is 1. The monoisotopic (exact) mass is 568 g/mol. The number of cyclic esters (lactones) is 1. The lowest BCUT2D eigenvalue weighted by Crippen LogP contribution is -2.43. The van der Waals surface area contributed by atoms with Gasteiger partial charge in [-0.3, -0.25) is 14.4 Å². The van der Waals surface area contributed by atoms with Crippen molar-refractivity contribution in [1.82, 2.24) is 5.32 Å². The van der Waals surface area contributed by atoms with Crippen LogP contribution in [0.15, 0.2) is 23.8 Å². The summed E-state index contributed by atoms with van der Waals surface area (Å²) in [5, 5.41) is 23.9. The van der Waals surface area contributed by atoms with Gasteiger partial charge in [-0.15, -0.1) is 0 Å². The van der Waals surface area contributed by atoms with E-state index >= 15 is 0 Å². The van der Waals surface area contributed by atoms with Gasteiger partial charge in [-0.05, 0) is 68.8 Å². The van der Waals surface area contributed by atoms with Gasteiger partial charge in [-0.25, -0.2) is 0 Å². The average molecular weight is 569 g/mol. The Kier molecular flexibility index (Phi) is 13.1. The minimum absolute atomic E-state index is 0.0515. The molecule has 1 heterocycles. The average Bonchev–Trinajstić information content (AvgIpc) is 3.42. The third-order valence-corrected chi connectivity index (χ3v) is 9.59. The number of carbonyl (C=O) groups is 3. The molecule has 0 aromatic carbocycles. The maximum Gasteiger partial charge on any atom is 0.313 e. The van der Waals surface area contributed by atoms with Gasteiger partial charge in [0.15, 0.2) is 0 Å². The predicted molar refractivity (Wildman–Crippen MR) is 159 cm³/mol. The largest absolute Gasteiger partial charge is 0.461 e. The molecule has 2 aliphatic carbocycles. The summed E-state index contributed by atoms with van der Waals surface area (Å²) in [6.45, 7) is 8.12. The number of amides is 1. The first kappa shape index (κ1) is 33.0. The number of carbonyl (C=O) groups excluding carboxylic acids is 3. The molecule has 3 aliphatic rings. The molecule has 2 N–H and O–H groups in total. The minimum Gasteiger partial charge on any atom is -0.461 e. The van der Waals surface area contributed by atoms with Crippen molar-refractivity contribution in [3.8, 4) is 6.07 Å². The second-order valence-corrected chi connectivity index (χ2v) is 13.4. The normalized spacial score (nSPS) is 37.5. The van der Waals surface area contributed by atoms with Gasteiger partial charge < -0.3 is 15.2 Å². The first-order chi connectivity index (χ1) is 19.6. The number of Topliss-reactive ketones (excluding diaryl/α,β-unsaturated/α-hetero) is 1. The Balaban J connectivity index is 1.81. The highest BCUT2D eigenvalue weighted by Crippen LogP contribution is 2.38. The summed E-state index contributed by atoms with van der Waals surface area (Å²) in [6, 6.07) is 2.38. The first-order valence-corrected chi connectivity index (χ1v) is 16.1. The summed E-state index contributed by atoms with van der Waals surface area (Å²) < 4.78 is 5.98. The van der Waals surface area contributed by atoms with E-state index in [0.29, 0.717) is 24.3 Å². The molecule has 228 valence electrons. The highest BCUT2D eigenvalue weighted by Gasteiger charge is 2.40. The number of nitrogens with one attached hydrogen (secondary N) is 1. The predicted octanol–water partition coefficient (Wildman–Crippen LogP) is 6.21. The van der Waals surface area contributed by atoms with E-state index in [9.17, 15) is 24.8 Å². The van der Waals surface area contributed by atoms with Crippen molar-refractivity contribution in [3.05, 3.63) is 23.8 Å². The van der Waals surface area contributed by atoms with Crippen molar-refractivity contribution in [3.63, 3.8) is 0 Å². The number of hydrogen-bond donors (Lipinski definition) is 2. The second kappa shape index (κ2) is 16.2. The van der Waals surface area contributed by atoms with Crippen molar-refractivity contribution in [2.45, 2.75) is 129 Å². The molecule has 8 atom stereocenters. The van der Waals surface area contributed by atoms with E-state index in [1.54, 1.807) is 12.2 Å². The molecule has 2 saturated carbocycles. The Morgan fingerprint density at radius 2 is 1.68 bits per heavy atom. The van der Waals surface area contributed by atoms with E-state index < -0.39 is 18.2 Å². The molecule has 7 nitrogen and oxygen atoms in total. The van der Waals surface area contributed by atoms with E-state index in [1.165, 1.54) is 6.42 Å². The van der Waals surface area contributed by atoms with Crippen molar-refractivity contribution in [2.24, 2.45) is 35.5 Å². The van der Waals surface area contributed by atoms with Gasteiger partial charge in [0.2, 0.25) is 5.91 Å². The summed E-state index contributed by atoms with van der Waals surface area (Å²) in [7, 11) is 0. The minimum atomic E-state index is -0.863. The molecule has 0 bridgehead atoms. The maximum absolute atomic E-state index is 13.3. The van der Waals surface area contributed by atoms with Gasteiger partial charge in [-0.2, -0.15) is 5.26 Å². The lowest BCUT2D eigenvalue weighted by atomic mass is 9.82. The molecular formula is C34H52N2O5. The number of aliphatic hydroxyl groups excluding tert-OH is 1. The number of rotatable bonds is 3. The Morgan fingerprint density at radius 1 is 0.976 bits per heavy atom. The number of hydrogen-bond acceptors (Lipinski definition) is 6. The van der Waals surface area contributed by atoms with Crippen LogP contribution < -0.4 is 5.32 Å². The van der Waals surface area contributed by atoms with E-state index in [2.05, 4.69) is 25.2 Å². The molecule has 0 aromatic rings. The number of aliphatic hydroxyl groups is 1. The van der Waals surface area contributed by atoms with E-state index in [0.717, 1.165) is 57.8 Å². The molecule has 1 aliphatic heterocycles. The smallest absolute Gasteiger partial charge is 0.313 e. The van der Waals surface area contributed by atoms with Crippen LogP contribution in [0.5, 0.6) is 0 Å². The fourth-order valence-corrected chi connectivity index (χ4v) is 7.42. The summed E-state index contributed by atoms with van der Waals surface area (Å²) in [5.74, 6) is -0.660. The molecule has 0 aromatic heterocycles. The molecule has 8 unspecified atom stereocenters. The van der Waals surface area contributed by atoms with Gasteiger partial charge in [0.25, 0.3) is 0 Å². The topological polar surface area (TPSA) is 116 Å². The Hall–Kier alpha value is -2.46. The van der Waals surface area contributed by atoms with Gasteiger partial charge in [0.1, 0.15) is 18.3 Å². The summed E-state index contributed by atoms with van der Waals surface area (Å²) in [5.41, 5.74) is 0.313. The molecule has 3 rings (SSSR count). The van der Waals surface area contributed by atoms with Crippen molar-refractivity contribution < 1.29 is 24.2 Å². The van der Waals surface area contributed by atoms with E-state index in [1.807, 2.05) is 19.9 Å². The quantitative estimate of drug-likeness (QED) is 0.309. The number of allylic oxidation sites excluding steroid dienone is 2. The third-order valence-electron chi connectivity index (χ3n) is 9.59. The summed E-state index contributed by atoms with van der Waals surface area (Å²) in [4.78, 5) is 39.4. The molecule has 0 spiro atoms.